The SMILES string of the molecule is Cc1noc(C(=O)O)n1.[H-].[Li+]. The summed E-state index contributed by atoms with van der Waals surface area (Å²) < 4.78 is 4.27. The van der Waals surface area contributed by atoms with E-state index in [1.165, 1.54) is 0 Å². The summed E-state index contributed by atoms with van der Waals surface area (Å²) in [6.45, 7) is 1.55. The third-order valence-corrected chi connectivity index (χ3v) is 0.711. The van der Waals surface area contributed by atoms with E-state index >= 15 is 0 Å². The second-order valence-corrected chi connectivity index (χ2v) is 1.45. The Morgan fingerprint density at radius 3 is 2.60 bits per heavy atom. The maximum Gasteiger partial charge on any atom is 1.00 e. The Morgan fingerprint density at radius 1 is 1.80 bits per heavy atom. The van der Waals surface area contributed by atoms with Crippen molar-refractivity contribution in [3.8, 4) is 0 Å². The molecule has 0 saturated heterocycles. The molecule has 10 heavy (non-hydrogen) atoms. The number of nitrogens with zero attached hydrogens (tertiary/aromatic N) is 2. The predicted molar refractivity (Wildman–Crippen MR) is 27.1 cm³/mol. The number of aromatic carboxylic acids is 1. The van der Waals surface area contributed by atoms with Gasteiger partial charge in [0.15, 0.2) is 5.82 Å². The van der Waals surface area contributed by atoms with Gasteiger partial charge in [0, 0.05) is 0 Å². The van der Waals surface area contributed by atoms with Crippen molar-refractivity contribution in [1.82, 2.24) is 10.1 Å². The molecule has 0 saturated carbocycles. The van der Waals surface area contributed by atoms with Gasteiger partial charge in [-0.05, 0) is 6.92 Å². The third-order valence-electron chi connectivity index (χ3n) is 0.711. The molecule has 50 valence electrons. The molecule has 0 aromatic carbocycles. The Hall–Kier alpha value is -0.793. The van der Waals surface area contributed by atoms with Gasteiger partial charge in [-0.1, -0.05) is 5.16 Å². The fraction of sp³-hybridized carbons (Fsp3) is 0.250. The maximum atomic E-state index is 10.0. The first-order valence-electron chi connectivity index (χ1n) is 2.24. The van der Waals surface area contributed by atoms with E-state index in [1.54, 1.807) is 6.92 Å². The average molecular weight is 136 g/mol. The molecule has 0 aliphatic carbocycles. The maximum absolute atomic E-state index is 10.0. The van der Waals surface area contributed by atoms with E-state index in [4.69, 9.17) is 5.11 Å². The van der Waals surface area contributed by atoms with Crippen LogP contribution < -0.4 is 18.9 Å². The molecule has 0 bridgehead atoms. The Balaban J connectivity index is 0. The summed E-state index contributed by atoms with van der Waals surface area (Å²) in [6, 6.07) is 0. The summed E-state index contributed by atoms with van der Waals surface area (Å²) in [7, 11) is 0. The van der Waals surface area contributed by atoms with Crippen LogP contribution in [-0.2, 0) is 0 Å². The zero-order valence-corrected chi connectivity index (χ0v) is 5.66. The van der Waals surface area contributed by atoms with E-state index in [2.05, 4.69) is 14.7 Å². The summed E-state index contributed by atoms with van der Waals surface area (Å²) in [6.07, 6.45) is 0. The minimum Gasteiger partial charge on any atom is -1.00 e. The van der Waals surface area contributed by atoms with Crippen LogP contribution in [0.5, 0.6) is 0 Å². The molecule has 0 spiro atoms. The van der Waals surface area contributed by atoms with Gasteiger partial charge in [0.25, 0.3) is 0 Å². The van der Waals surface area contributed by atoms with Gasteiger partial charge in [-0.25, -0.2) is 4.79 Å². The summed E-state index contributed by atoms with van der Waals surface area (Å²) in [5.74, 6) is -1.24. The Kier molecular flexibility index (Phi) is 3.13. The number of hydrogen-bond donors (Lipinski definition) is 1. The van der Waals surface area contributed by atoms with E-state index in [0.717, 1.165) is 0 Å². The van der Waals surface area contributed by atoms with Gasteiger partial charge >= 0.3 is 30.7 Å². The van der Waals surface area contributed by atoms with Gasteiger partial charge in [0.05, 0.1) is 0 Å². The van der Waals surface area contributed by atoms with Gasteiger partial charge in [-0.15, -0.1) is 0 Å². The van der Waals surface area contributed by atoms with Gasteiger partial charge in [0.1, 0.15) is 0 Å². The van der Waals surface area contributed by atoms with Crippen molar-refractivity contribution in [2.24, 2.45) is 0 Å². The number of carbonyl (C=O) groups is 1. The van der Waals surface area contributed by atoms with Crippen LogP contribution in [-0.4, -0.2) is 21.2 Å². The van der Waals surface area contributed by atoms with Crippen LogP contribution in [0.25, 0.3) is 0 Å². The van der Waals surface area contributed by atoms with Crippen molar-refractivity contribution in [2.75, 3.05) is 0 Å². The molecule has 1 heterocycles. The predicted octanol–water partition coefficient (Wildman–Crippen LogP) is -2.81. The van der Waals surface area contributed by atoms with Crippen molar-refractivity contribution >= 4 is 5.97 Å². The summed E-state index contributed by atoms with van der Waals surface area (Å²) >= 11 is 0. The third kappa shape index (κ3) is 1.86. The first-order valence-corrected chi connectivity index (χ1v) is 2.24. The number of carboxylic acids is 1. The molecule has 0 radical (unpaired) electrons. The van der Waals surface area contributed by atoms with Crippen molar-refractivity contribution < 1.29 is 34.7 Å². The topological polar surface area (TPSA) is 76.2 Å². The quantitative estimate of drug-likeness (QED) is 0.422. The van der Waals surface area contributed by atoms with E-state index in [0.29, 0.717) is 5.82 Å². The van der Waals surface area contributed by atoms with Crippen molar-refractivity contribution in [3.63, 3.8) is 0 Å². The van der Waals surface area contributed by atoms with Crippen LogP contribution in [0, 0.1) is 6.92 Å². The number of carboxylic acid groups (broad SMARTS) is 1. The van der Waals surface area contributed by atoms with Crippen LogP contribution in [0.1, 0.15) is 17.9 Å². The molecule has 0 amide bonds. The smallest absolute Gasteiger partial charge is 1.00 e. The number of hydrogen-bond acceptors (Lipinski definition) is 4. The van der Waals surface area contributed by atoms with Crippen molar-refractivity contribution in [1.29, 1.82) is 0 Å². The van der Waals surface area contributed by atoms with Gasteiger partial charge in [0.2, 0.25) is 0 Å². The van der Waals surface area contributed by atoms with Crippen LogP contribution in [0.4, 0.5) is 0 Å². The fourth-order valence-corrected chi connectivity index (χ4v) is 0.384. The average Bonchev–Trinajstić information content (AvgIpc) is 2.14. The van der Waals surface area contributed by atoms with Gasteiger partial charge < -0.3 is 11.1 Å². The summed E-state index contributed by atoms with van der Waals surface area (Å²) in [5.41, 5.74) is 0. The molecule has 1 aromatic heterocycles. The molecule has 5 nitrogen and oxygen atoms in total. The minimum absolute atomic E-state index is 0. The molecular weight excluding hydrogens is 131 g/mol. The molecule has 0 aliphatic heterocycles. The first kappa shape index (κ1) is 9.21. The van der Waals surface area contributed by atoms with Crippen LogP contribution in [0.3, 0.4) is 0 Å². The van der Waals surface area contributed by atoms with Crippen molar-refractivity contribution in [3.05, 3.63) is 11.7 Å². The van der Waals surface area contributed by atoms with Gasteiger partial charge in [-0.3, -0.25) is 0 Å². The summed E-state index contributed by atoms with van der Waals surface area (Å²) in [4.78, 5) is 13.5. The Labute approximate surface area is 70.1 Å². The van der Waals surface area contributed by atoms with Crippen LogP contribution >= 0.6 is 0 Å². The molecule has 0 aliphatic rings. The largest absolute Gasteiger partial charge is 1.00 e. The second-order valence-electron chi connectivity index (χ2n) is 1.45. The Morgan fingerprint density at radius 2 is 2.40 bits per heavy atom. The standard InChI is InChI=1S/C4H4N2O3.Li.H/c1-2-5-3(4(7)8)9-6-2;;/h1H3,(H,7,8);;/q;+1;-1. The zero-order valence-electron chi connectivity index (χ0n) is 6.66. The number of rotatable bonds is 1. The molecule has 6 heteroatoms. The molecule has 0 unspecified atom stereocenters. The summed E-state index contributed by atoms with van der Waals surface area (Å²) in [5, 5.41) is 11.5. The van der Waals surface area contributed by atoms with E-state index < -0.39 is 5.97 Å². The Bertz CT molecular complexity index is 239. The second kappa shape index (κ2) is 3.39. The normalized spacial score (nSPS) is 8.50. The molecule has 1 aromatic rings. The van der Waals surface area contributed by atoms with Crippen LogP contribution in [0.15, 0.2) is 4.52 Å². The van der Waals surface area contributed by atoms with Crippen LogP contribution in [0.2, 0.25) is 0 Å². The van der Waals surface area contributed by atoms with E-state index in [-0.39, 0.29) is 26.2 Å². The fourth-order valence-electron chi connectivity index (χ4n) is 0.384. The van der Waals surface area contributed by atoms with Crippen molar-refractivity contribution in [2.45, 2.75) is 6.92 Å². The van der Waals surface area contributed by atoms with E-state index in [9.17, 15) is 4.79 Å². The van der Waals surface area contributed by atoms with Gasteiger partial charge in [-0.2, -0.15) is 4.98 Å². The first-order chi connectivity index (χ1) is 4.20. The minimum atomic E-state index is -1.20. The number of aromatic nitrogens is 2. The van der Waals surface area contributed by atoms with E-state index in [1.807, 2.05) is 0 Å². The number of aryl methyl sites for hydroxylation is 1. The monoisotopic (exact) mass is 136 g/mol. The molecule has 1 rings (SSSR count). The zero-order chi connectivity index (χ0) is 6.85. The molecule has 0 fully saturated rings. The molecule has 0 atom stereocenters. The molecule has 1 N–H and O–H groups in total. The molecular formula is C4H5LiN2O3.